The zero-order chi connectivity index (χ0) is 9.52. The second kappa shape index (κ2) is 5.36. The largest absolute Gasteiger partial charge is 0.486 e. The number of hydrogen-bond donors (Lipinski definition) is 0. The van der Waals surface area contributed by atoms with Crippen LogP contribution in [0.3, 0.4) is 0 Å². The van der Waals surface area contributed by atoms with Crippen LogP contribution in [0, 0.1) is 11.9 Å². The summed E-state index contributed by atoms with van der Waals surface area (Å²) >= 11 is 0. The lowest BCUT2D eigenvalue weighted by molar-refractivity contribution is 0.341. The number of ether oxygens (including phenoxy) is 1. The molecule has 0 saturated carbocycles. The lowest BCUT2D eigenvalue weighted by Crippen LogP contribution is -1.95. The highest BCUT2D eigenvalue weighted by Gasteiger charge is 1.98. The van der Waals surface area contributed by atoms with Gasteiger partial charge >= 0.3 is 0 Å². The monoisotopic (exact) mass is 179 g/mol. The minimum absolute atomic E-state index is 0.253. The van der Waals surface area contributed by atoms with Crippen molar-refractivity contribution in [2.75, 3.05) is 6.61 Å². The Bertz CT molecular complexity index is 281. The van der Waals surface area contributed by atoms with Crippen molar-refractivity contribution < 1.29 is 9.13 Å². The van der Waals surface area contributed by atoms with Crippen LogP contribution in [0.4, 0.5) is 4.39 Å². The smallest absolute Gasteiger partial charge is 0.172 e. The summed E-state index contributed by atoms with van der Waals surface area (Å²) in [7, 11) is 0. The molecule has 0 aromatic heterocycles. The van der Waals surface area contributed by atoms with Gasteiger partial charge in [0.1, 0.15) is 6.61 Å². The first-order chi connectivity index (χ1) is 6.34. The van der Waals surface area contributed by atoms with Crippen LogP contribution in [0.25, 0.3) is 0 Å². The Hall–Kier alpha value is -1.31. The van der Waals surface area contributed by atoms with E-state index in [-0.39, 0.29) is 5.75 Å². The molecule has 0 aliphatic rings. The van der Waals surface area contributed by atoms with Crippen molar-refractivity contribution in [1.29, 1.82) is 0 Å². The summed E-state index contributed by atoms with van der Waals surface area (Å²) in [4.78, 5) is 0. The van der Waals surface area contributed by atoms with Gasteiger partial charge in [0.15, 0.2) is 11.6 Å². The molecule has 0 amide bonds. The molecular weight excluding hydrogens is 167 g/mol. The first-order valence-corrected chi connectivity index (χ1v) is 4.28. The molecule has 2 heteroatoms. The number of benzene rings is 1. The van der Waals surface area contributed by atoms with E-state index < -0.39 is 5.82 Å². The molecule has 0 heterocycles. The molecule has 1 rings (SSSR count). The molecule has 0 unspecified atom stereocenters. The first-order valence-electron chi connectivity index (χ1n) is 4.28. The highest BCUT2D eigenvalue weighted by molar-refractivity contribution is 5.22. The molecule has 1 nitrogen and oxygen atoms in total. The molecule has 0 spiro atoms. The van der Waals surface area contributed by atoms with Crippen molar-refractivity contribution in [2.45, 2.75) is 13.3 Å². The summed E-state index contributed by atoms with van der Waals surface area (Å²) in [5.74, 6) is -0.185. The molecule has 1 aromatic carbocycles. The number of halogens is 1. The summed E-state index contributed by atoms with van der Waals surface area (Å²) in [5, 5.41) is 0. The van der Waals surface area contributed by atoms with Crippen LogP contribution in [0.2, 0.25) is 0 Å². The normalized spacial score (nSPS) is 10.6. The third kappa shape index (κ3) is 3.28. The van der Waals surface area contributed by atoms with E-state index >= 15 is 0 Å². The van der Waals surface area contributed by atoms with Crippen LogP contribution in [-0.4, -0.2) is 6.61 Å². The van der Waals surface area contributed by atoms with Crippen molar-refractivity contribution >= 4 is 0 Å². The van der Waals surface area contributed by atoms with Crippen LogP contribution >= 0.6 is 0 Å². The topological polar surface area (TPSA) is 9.23 Å². The Morgan fingerprint density at radius 3 is 3.08 bits per heavy atom. The van der Waals surface area contributed by atoms with Crippen LogP contribution in [0.1, 0.15) is 13.3 Å². The van der Waals surface area contributed by atoms with E-state index in [1.807, 2.05) is 19.1 Å². The predicted molar refractivity (Wildman–Crippen MR) is 50.2 cm³/mol. The van der Waals surface area contributed by atoms with Crippen molar-refractivity contribution in [3.05, 3.63) is 42.2 Å². The van der Waals surface area contributed by atoms with Gasteiger partial charge in [-0.15, -0.1) is 0 Å². The van der Waals surface area contributed by atoms with Crippen molar-refractivity contribution in [1.82, 2.24) is 0 Å². The molecule has 69 valence electrons. The van der Waals surface area contributed by atoms with Gasteiger partial charge in [0.05, 0.1) is 0 Å². The van der Waals surface area contributed by atoms with Gasteiger partial charge in [-0.1, -0.05) is 31.2 Å². The fraction of sp³-hybridized carbons (Fsp3) is 0.273. The minimum atomic E-state index is -0.438. The SMILES string of the molecule is CCC=CCOc1ccc[c]c1F. The average Bonchev–Trinajstić information content (AvgIpc) is 2.15. The quantitative estimate of drug-likeness (QED) is 0.645. The molecule has 1 aromatic rings. The summed E-state index contributed by atoms with van der Waals surface area (Å²) in [6.45, 7) is 2.44. The van der Waals surface area contributed by atoms with Gasteiger partial charge in [-0.25, -0.2) is 4.39 Å². The van der Waals surface area contributed by atoms with E-state index in [4.69, 9.17) is 4.74 Å². The van der Waals surface area contributed by atoms with Gasteiger partial charge in [-0.3, -0.25) is 0 Å². The van der Waals surface area contributed by atoms with Gasteiger partial charge in [0.25, 0.3) is 0 Å². The molecule has 0 fully saturated rings. The lowest BCUT2D eigenvalue weighted by Gasteiger charge is -2.02. The second-order valence-electron chi connectivity index (χ2n) is 2.54. The fourth-order valence-electron chi connectivity index (χ4n) is 0.885. The molecule has 0 N–H and O–H groups in total. The van der Waals surface area contributed by atoms with Gasteiger partial charge in [-0.2, -0.15) is 0 Å². The summed E-state index contributed by atoms with van der Waals surface area (Å²) in [5.41, 5.74) is 0. The van der Waals surface area contributed by atoms with E-state index in [1.165, 1.54) is 6.07 Å². The van der Waals surface area contributed by atoms with Gasteiger partial charge in [0, 0.05) is 6.07 Å². The fourth-order valence-corrected chi connectivity index (χ4v) is 0.885. The Labute approximate surface area is 77.8 Å². The highest BCUT2D eigenvalue weighted by atomic mass is 19.1. The minimum Gasteiger partial charge on any atom is -0.486 e. The van der Waals surface area contributed by atoms with Crippen molar-refractivity contribution in [2.24, 2.45) is 0 Å². The Morgan fingerprint density at radius 1 is 1.54 bits per heavy atom. The van der Waals surface area contributed by atoms with Gasteiger partial charge in [-0.05, 0) is 12.5 Å². The average molecular weight is 179 g/mol. The molecule has 0 saturated heterocycles. The van der Waals surface area contributed by atoms with Crippen LogP contribution in [0.5, 0.6) is 5.75 Å². The van der Waals surface area contributed by atoms with Crippen molar-refractivity contribution in [3.63, 3.8) is 0 Å². The maximum absolute atomic E-state index is 12.9. The van der Waals surface area contributed by atoms with Gasteiger partial charge in [0.2, 0.25) is 0 Å². The van der Waals surface area contributed by atoms with E-state index in [0.29, 0.717) is 6.61 Å². The molecule has 0 aliphatic heterocycles. The summed E-state index contributed by atoms with van der Waals surface area (Å²) < 4.78 is 18.0. The van der Waals surface area contributed by atoms with Gasteiger partial charge < -0.3 is 4.74 Å². The van der Waals surface area contributed by atoms with Crippen LogP contribution in [0.15, 0.2) is 30.4 Å². The Kier molecular flexibility index (Phi) is 4.03. The van der Waals surface area contributed by atoms with E-state index in [0.717, 1.165) is 6.42 Å². The Balaban J connectivity index is 2.45. The predicted octanol–water partition coefficient (Wildman–Crippen LogP) is 2.97. The zero-order valence-electron chi connectivity index (χ0n) is 7.59. The summed E-state index contributed by atoms with van der Waals surface area (Å²) in [6.07, 6.45) is 4.81. The van der Waals surface area contributed by atoms with Crippen LogP contribution in [-0.2, 0) is 0 Å². The highest BCUT2D eigenvalue weighted by Crippen LogP contribution is 2.14. The molecule has 1 radical (unpaired) electrons. The standard InChI is InChI=1S/C11H12FO/c1-2-3-6-9-13-11-8-5-4-7-10(11)12/h3-6,8H,2,9H2,1H3. The molecular formula is C11H12FO. The van der Waals surface area contributed by atoms with E-state index in [9.17, 15) is 4.39 Å². The summed E-state index contributed by atoms with van der Waals surface area (Å²) in [6, 6.07) is 7.23. The zero-order valence-corrected chi connectivity index (χ0v) is 7.59. The molecule has 13 heavy (non-hydrogen) atoms. The van der Waals surface area contributed by atoms with E-state index in [2.05, 4.69) is 6.07 Å². The first kappa shape index (κ1) is 9.78. The molecule has 0 aliphatic carbocycles. The second-order valence-corrected chi connectivity index (χ2v) is 2.54. The number of allylic oxidation sites excluding steroid dienone is 1. The Morgan fingerprint density at radius 2 is 2.38 bits per heavy atom. The maximum Gasteiger partial charge on any atom is 0.172 e. The van der Waals surface area contributed by atoms with E-state index in [1.54, 1.807) is 12.1 Å². The lowest BCUT2D eigenvalue weighted by atomic mass is 10.3. The molecule has 0 bridgehead atoms. The number of hydrogen-bond acceptors (Lipinski definition) is 1. The maximum atomic E-state index is 12.9. The third-order valence-electron chi connectivity index (χ3n) is 1.51. The van der Waals surface area contributed by atoms with Crippen molar-refractivity contribution in [3.8, 4) is 5.75 Å². The third-order valence-corrected chi connectivity index (χ3v) is 1.51. The molecule has 0 atom stereocenters. The van der Waals surface area contributed by atoms with Crippen LogP contribution < -0.4 is 4.74 Å². The number of rotatable bonds is 4.